The first kappa shape index (κ1) is 24.6. The largest absolute Gasteiger partial charge is 0.468 e. The topological polar surface area (TPSA) is 62.0 Å². The van der Waals surface area contributed by atoms with E-state index in [0.29, 0.717) is 24.6 Å². The Labute approximate surface area is 195 Å². The molecule has 0 amide bonds. The molecule has 0 radical (unpaired) electrons. The number of ether oxygens (including phenoxy) is 1. The number of halogens is 2. The van der Waals surface area contributed by atoms with Crippen molar-refractivity contribution in [2.75, 3.05) is 33.8 Å². The number of hydrogen-bond acceptors (Lipinski definition) is 4. The average Bonchev–Trinajstić information content (AvgIpc) is 3.28. The summed E-state index contributed by atoms with van der Waals surface area (Å²) in [4.78, 5) is 6.80. The van der Waals surface area contributed by atoms with Crippen LogP contribution in [0.5, 0.6) is 0 Å². The van der Waals surface area contributed by atoms with Crippen LogP contribution in [0.15, 0.2) is 46.0 Å². The molecule has 2 N–H and O–H groups in total. The van der Waals surface area contributed by atoms with Gasteiger partial charge in [-0.15, -0.1) is 24.0 Å². The Balaban J connectivity index is 0.00000320. The first-order chi connectivity index (χ1) is 14.2. The zero-order valence-electron chi connectivity index (χ0n) is 17.7. The zero-order chi connectivity index (χ0) is 20.5. The predicted octanol–water partition coefficient (Wildman–Crippen LogP) is 4.08. The van der Waals surface area contributed by atoms with Crippen molar-refractivity contribution < 1.29 is 13.5 Å². The maximum atomic E-state index is 13.8. The molecule has 1 fully saturated rings. The predicted molar refractivity (Wildman–Crippen MR) is 128 cm³/mol. The van der Waals surface area contributed by atoms with Gasteiger partial charge >= 0.3 is 0 Å². The van der Waals surface area contributed by atoms with Crippen LogP contribution in [0.4, 0.5) is 4.39 Å². The van der Waals surface area contributed by atoms with Crippen LogP contribution in [0.25, 0.3) is 0 Å². The maximum Gasteiger partial charge on any atom is 0.191 e. The van der Waals surface area contributed by atoms with Crippen molar-refractivity contribution in [1.29, 1.82) is 0 Å². The molecule has 8 heteroatoms. The minimum absolute atomic E-state index is 0. The van der Waals surface area contributed by atoms with Crippen molar-refractivity contribution in [1.82, 2.24) is 15.5 Å². The van der Waals surface area contributed by atoms with Gasteiger partial charge in [-0.2, -0.15) is 0 Å². The van der Waals surface area contributed by atoms with Crippen molar-refractivity contribution in [3.63, 3.8) is 0 Å². The van der Waals surface area contributed by atoms with E-state index >= 15 is 0 Å². The number of rotatable bonds is 8. The van der Waals surface area contributed by atoms with Gasteiger partial charge in [0.2, 0.25) is 0 Å². The molecule has 1 atom stereocenters. The Bertz CT molecular complexity index is 779. The lowest BCUT2D eigenvalue weighted by Gasteiger charge is -2.33. The standard InChI is InChI=1S/C22H31FN4O2.HI/c1-24-22(25-14-17-8-9-19(23)18(13-17)16-28-2)26-15-20(21-7-6-12-29-21)27-10-4-3-5-11-27;/h6-9,12-13,20H,3-5,10-11,14-16H2,1-2H3,(H2,24,25,26);1H. The molecule has 1 aromatic carbocycles. The van der Waals surface area contributed by atoms with E-state index in [1.807, 2.05) is 18.2 Å². The molecule has 0 spiro atoms. The van der Waals surface area contributed by atoms with Crippen molar-refractivity contribution in [3.05, 3.63) is 59.3 Å². The molecule has 166 valence electrons. The molecular formula is C22H32FIN4O2. The molecular weight excluding hydrogens is 498 g/mol. The molecule has 0 saturated carbocycles. The highest BCUT2D eigenvalue weighted by Gasteiger charge is 2.24. The summed E-state index contributed by atoms with van der Waals surface area (Å²) in [6.07, 6.45) is 5.46. The van der Waals surface area contributed by atoms with Crippen molar-refractivity contribution in [3.8, 4) is 0 Å². The van der Waals surface area contributed by atoms with Crippen LogP contribution in [0.2, 0.25) is 0 Å². The molecule has 6 nitrogen and oxygen atoms in total. The van der Waals surface area contributed by atoms with Gasteiger partial charge in [-0.05, 0) is 55.8 Å². The highest BCUT2D eigenvalue weighted by Crippen LogP contribution is 2.24. The SMILES string of the molecule is CN=C(NCc1ccc(F)c(COC)c1)NCC(c1ccco1)N1CCCCC1.I. The number of guanidine groups is 1. The van der Waals surface area contributed by atoms with Crippen molar-refractivity contribution >= 4 is 29.9 Å². The Morgan fingerprint density at radius 1 is 1.23 bits per heavy atom. The van der Waals surface area contributed by atoms with Crippen LogP contribution in [-0.2, 0) is 17.9 Å². The number of nitrogens with one attached hydrogen (secondary N) is 2. The summed E-state index contributed by atoms with van der Waals surface area (Å²) in [6, 6.07) is 9.21. The summed E-state index contributed by atoms with van der Waals surface area (Å²) < 4.78 is 24.6. The third-order valence-electron chi connectivity index (χ3n) is 5.26. The fourth-order valence-electron chi connectivity index (χ4n) is 3.72. The van der Waals surface area contributed by atoms with E-state index in [0.717, 1.165) is 24.4 Å². The second-order valence-corrected chi connectivity index (χ2v) is 7.29. The average molecular weight is 530 g/mol. The molecule has 1 aromatic heterocycles. The number of furan rings is 1. The van der Waals surface area contributed by atoms with E-state index in [1.54, 1.807) is 26.5 Å². The Morgan fingerprint density at radius 2 is 2.03 bits per heavy atom. The normalized spacial score (nSPS) is 16.0. The summed E-state index contributed by atoms with van der Waals surface area (Å²) in [5, 5.41) is 6.72. The highest BCUT2D eigenvalue weighted by atomic mass is 127. The zero-order valence-corrected chi connectivity index (χ0v) is 20.0. The van der Waals surface area contributed by atoms with Gasteiger partial charge in [0, 0.05) is 32.8 Å². The number of nitrogens with zero attached hydrogens (tertiary/aromatic N) is 2. The van der Waals surface area contributed by atoms with Crippen LogP contribution in [0, 0.1) is 5.82 Å². The van der Waals surface area contributed by atoms with Crippen LogP contribution < -0.4 is 10.6 Å². The minimum atomic E-state index is -0.249. The molecule has 3 rings (SSSR count). The summed E-state index contributed by atoms with van der Waals surface area (Å²) >= 11 is 0. The fourth-order valence-corrected chi connectivity index (χ4v) is 3.72. The van der Waals surface area contributed by atoms with Crippen molar-refractivity contribution in [2.24, 2.45) is 4.99 Å². The highest BCUT2D eigenvalue weighted by molar-refractivity contribution is 14.0. The Morgan fingerprint density at radius 3 is 2.70 bits per heavy atom. The van der Waals surface area contributed by atoms with Gasteiger partial charge < -0.3 is 19.8 Å². The number of benzene rings is 1. The number of hydrogen-bond donors (Lipinski definition) is 2. The quantitative estimate of drug-likeness (QED) is 0.306. The summed E-state index contributed by atoms with van der Waals surface area (Å²) in [6.45, 7) is 3.67. The van der Waals surface area contributed by atoms with Crippen LogP contribution in [-0.4, -0.2) is 44.7 Å². The van der Waals surface area contributed by atoms with E-state index < -0.39 is 0 Å². The lowest BCUT2D eigenvalue weighted by atomic mass is 10.1. The Kier molecular flexibility index (Phi) is 10.6. The molecule has 1 aliphatic heterocycles. The summed E-state index contributed by atoms with van der Waals surface area (Å²) in [7, 11) is 3.31. The minimum Gasteiger partial charge on any atom is -0.468 e. The van der Waals surface area contributed by atoms with Crippen LogP contribution in [0.1, 0.15) is 42.2 Å². The van der Waals surface area contributed by atoms with Crippen LogP contribution in [0.3, 0.4) is 0 Å². The maximum absolute atomic E-state index is 13.8. The van der Waals surface area contributed by atoms with Gasteiger partial charge in [0.05, 0.1) is 18.9 Å². The Hall–Kier alpha value is -1.65. The first-order valence-corrected chi connectivity index (χ1v) is 10.2. The molecule has 0 bridgehead atoms. The third-order valence-corrected chi connectivity index (χ3v) is 5.26. The van der Waals surface area contributed by atoms with E-state index in [9.17, 15) is 4.39 Å². The van der Waals surface area contributed by atoms with E-state index in [4.69, 9.17) is 9.15 Å². The second-order valence-electron chi connectivity index (χ2n) is 7.29. The molecule has 30 heavy (non-hydrogen) atoms. The second kappa shape index (κ2) is 12.9. The van der Waals surface area contributed by atoms with Gasteiger partial charge in [0.15, 0.2) is 5.96 Å². The third kappa shape index (κ3) is 6.95. The van der Waals surface area contributed by atoms with Gasteiger partial charge in [-0.3, -0.25) is 9.89 Å². The number of likely N-dealkylation sites (tertiary alicyclic amines) is 1. The van der Waals surface area contributed by atoms with Gasteiger partial charge in [0.1, 0.15) is 11.6 Å². The van der Waals surface area contributed by atoms with Gasteiger partial charge in [-0.25, -0.2) is 4.39 Å². The van der Waals surface area contributed by atoms with Gasteiger partial charge in [-0.1, -0.05) is 12.5 Å². The lowest BCUT2D eigenvalue weighted by Crippen LogP contribution is -2.44. The molecule has 2 heterocycles. The molecule has 1 unspecified atom stereocenters. The van der Waals surface area contributed by atoms with Crippen molar-refractivity contribution in [2.45, 2.75) is 38.5 Å². The molecule has 0 aliphatic carbocycles. The monoisotopic (exact) mass is 530 g/mol. The van der Waals surface area contributed by atoms with E-state index in [1.165, 1.54) is 25.3 Å². The summed E-state index contributed by atoms with van der Waals surface area (Å²) in [5.41, 5.74) is 1.53. The number of piperidine rings is 1. The smallest absolute Gasteiger partial charge is 0.191 e. The molecule has 2 aromatic rings. The van der Waals surface area contributed by atoms with E-state index in [-0.39, 0.29) is 42.4 Å². The number of aliphatic imine (C=N–C) groups is 1. The molecule has 1 aliphatic rings. The first-order valence-electron chi connectivity index (χ1n) is 10.2. The van der Waals surface area contributed by atoms with Crippen LogP contribution >= 0.6 is 24.0 Å². The van der Waals surface area contributed by atoms with Gasteiger partial charge in [0.25, 0.3) is 0 Å². The summed E-state index contributed by atoms with van der Waals surface area (Å²) in [5.74, 6) is 1.43. The number of methoxy groups -OCH3 is 1. The molecule has 1 saturated heterocycles. The fraction of sp³-hybridized carbons (Fsp3) is 0.500. The lowest BCUT2D eigenvalue weighted by molar-refractivity contribution is 0.146. The van der Waals surface area contributed by atoms with E-state index in [2.05, 4.69) is 20.5 Å².